The van der Waals surface area contributed by atoms with Crippen molar-refractivity contribution in [2.75, 3.05) is 6.61 Å². The number of rotatable bonds is 3. The van der Waals surface area contributed by atoms with Crippen molar-refractivity contribution < 1.29 is 4.74 Å². The highest BCUT2D eigenvalue weighted by Gasteiger charge is 2.06. The van der Waals surface area contributed by atoms with Crippen molar-refractivity contribution in [3.8, 4) is 0 Å². The summed E-state index contributed by atoms with van der Waals surface area (Å²) in [6.07, 6.45) is 2.98. The molecule has 0 aromatic carbocycles. The lowest BCUT2D eigenvalue weighted by molar-refractivity contribution is 0.297. The van der Waals surface area contributed by atoms with E-state index in [2.05, 4.69) is 42.4 Å². The zero-order chi connectivity index (χ0) is 16.7. The number of halogens is 3. The van der Waals surface area contributed by atoms with Gasteiger partial charge in [-0.1, -0.05) is 29.8 Å². The van der Waals surface area contributed by atoms with Gasteiger partial charge in [0.1, 0.15) is 26.4 Å². The second-order valence-electron chi connectivity index (χ2n) is 4.05. The highest BCUT2D eigenvalue weighted by atomic mass is 79.9. The molecule has 0 aliphatic carbocycles. The Hall–Kier alpha value is -1.24. The maximum absolute atomic E-state index is 5.65. The minimum Gasteiger partial charge on any atom is -0.492 e. The summed E-state index contributed by atoms with van der Waals surface area (Å²) in [6, 6.07) is 0. The van der Waals surface area contributed by atoms with E-state index in [1.165, 1.54) is 12.4 Å². The standard InChI is InChI=1S/C9H11ClN2O.C5H4BrClN2/c1-4-13-7(3)9-6(2)12-8(10)5-11-9;1-3-5(6)8-2-4(7)9-3/h5H,3-4H2,1-2H3;2H,1H3. The van der Waals surface area contributed by atoms with Gasteiger partial charge in [0.25, 0.3) is 0 Å². The topological polar surface area (TPSA) is 60.8 Å². The normalized spacial score (nSPS) is 9.73. The fraction of sp³-hybridized carbons (Fsp3) is 0.286. The van der Waals surface area contributed by atoms with Gasteiger partial charge in [0.05, 0.1) is 30.4 Å². The van der Waals surface area contributed by atoms with Crippen LogP contribution in [0.15, 0.2) is 23.6 Å². The summed E-state index contributed by atoms with van der Waals surface area (Å²) in [5, 5.41) is 0.807. The second kappa shape index (κ2) is 9.02. The molecule has 22 heavy (non-hydrogen) atoms. The molecule has 5 nitrogen and oxygen atoms in total. The molecule has 0 amide bonds. The van der Waals surface area contributed by atoms with E-state index >= 15 is 0 Å². The molecule has 8 heteroatoms. The van der Waals surface area contributed by atoms with E-state index in [0.717, 1.165) is 16.0 Å². The number of hydrogen-bond donors (Lipinski definition) is 0. The van der Waals surface area contributed by atoms with Crippen LogP contribution in [0.1, 0.15) is 24.0 Å². The summed E-state index contributed by atoms with van der Waals surface area (Å²) >= 11 is 14.4. The van der Waals surface area contributed by atoms with Crippen LogP contribution >= 0.6 is 39.1 Å². The molecule has 0 saturated carbocycles. The molecule has 0 spiro atoms. The van der Waals surface area contributed by atoms with Crippen LogP contribution in [0.2, 0.25) is 10.3 Å². The summed E-state index contributed by atoms with van der Waals surface area (Å²) in [6.45, 7) is 9.86. The van der Waals surface area contributed by atoms with Gasteiger partial charge in [0, 0.05) is 0 Å². The molecule has 0 fully saturated rings. The average molecular weight is 406 g/mol. The first-order valence-electron chi connectivity index (χ1n) is 6.31. The van der Waals surface area contributed by atoms with Gasteiger partial charge in [-0.2, -0.15) is 0 Å². The molecule has 2 rings (SSSR count). The van der Waals surface area contributed by atoms with Gasteiger partial charge in [-0.15, -0.1) is 0 Å². The first kappa shape index (κ1) is 18.8. The van der Waals surface area contributed by atoms with Gasteiger partial charge >= 0.3 is 0 Å². The van der Waals surface area contributed by atoms with Gasteiger partial charge in [0.2, 0.25) is 0 Å². The lowest BCUT2D eigenvalue weighted by Crippen LogP contribution is -1.98. The number of ether oxygens (including phenoxy) is 1. The van der Waals surface area contributed by atoms with Crippen molar-refractivity contribution >= 4 is 44.9 Å². The van der Waals surface area contributed by atoms with Gasteiger partial charge < -0.3 is 4.74 Å². The van der Waals surface area contributed by atoms with Crippen molar-refractivity contribution in [3.05, 3.63) is 51.0 Å². The molecule has 0 N–H and O–H groups in total. The van der Waals surface area contributed by atoms with Crippen LogP contribution in [-0.4, -0.2) is 26.5 Å². The Morgan fingerprint density at radius 2 is 1.68 bits per heavy atom. The molecule has 0 aliphatic heterocycles. The molecular weight excluding hydrogens is 391 g/mol. The molecule has 2 aromatic rings. The minimum absolute atomic E-state index is 0.380. The van der Waals surface area contributed by atoms with Gasteiger partial charge in [-0.25, -0.2) is 19.9 Å². The van der Waals surface area contributed by atoms with E-state index in [-0.39, 0.29) is 0 Å². The lowest BCUT2D eigenvalue weighted by Gasteiger charge is -2.07. The van der Waals surface area contributed by atoms with Gasteiger partial charge in [-0.05, 0) is 36.7 Å². The minimum atomic E-state index is 0.380. The fourth-order valence-corrected chi connectivity index (χ4v) is 1.95. The van der Waals surface area contributed by atoms with Crippen molar-refractivity contribution in [2.45, 2.75) is 20.8 Å². The SMILES string of the molecule is C=C(OCC)c1ncc(Cl)nc1C.Cc1nc(Cl)cnc1Br. The number of hydrogen-bond acceptors (Lipinski definition) is 5. The first-order valence-corrected chi connectivity index (χ1v) is 7.85. The molecule has 0 unspecified atom stereocenters. The molecule has 118 valence electrons. The molecule has 0 radical (unpaired) electrons. The van der Waals surface area contributed by atoms with Crippen LogP contribution in [0.5, 0.6) is 0 Å². The predicted molar refractivity (Wildman–Crippen MR) is 91.9 cm³/mol. The van der Waals surface area contributed by atoms with E-state index in [1.54, 1.807) is 0 Å². The predicted octanol–water partition coefficient (Wildman–Crippen LogP) is 4.65. The fourth-order valence-electron chi connectivity index (χ4n) is 1.41. The smallest absolute Gasteiger partial charge is 0.147 e. The summed E-state index contributed by atoms with van der Waals surface area (Å²) in [5.41, 5.74) is 2.19. The first-order chi connectivity index (χ1) is 10.3. The van der Waals surface area contributed by atoms with Crippen LogP contribution in [0.4, 0.5) is 0 Å². The quantitative estimate of drug-likeness (QED) is 0.695. The van der Waals surface area contributed by atoms with Crippen molar-refractivity contribution in [3.63, 3.8) is 0 Å². The third-order valence-electron chi connectivity index (χ3n) is 2.36. The second-order valence-corrected chi connectivity index (χ2v) is 5.58. The van der Waals surface area contributed by atoms with E-state index in [9.17, 15) is 0 Å². The summed E-state index contributed by atoms with van der Waals surface area (Å²) < 4.78 is 5.95. The number of nitrogens with zero attached hydrogens (tertiary/aromatic N) is 4. The molecule has 0 bridgehead atoms. The number of aromatic nitrogens is 4. The average Bonchev–Trinajstić information content (AvgIpc) is 2.44. The highest BCUT2D eigenvalue weighted by molar-refractivity contribution is 9.10. The molecule has 0 saturated heterocycles. The largest absolute Gasteiger partial charge is 0.492 e. The van der Waals surface area contributed by atoms with Crippen molar-refractivity contribution in [2.24, 2.45) is 0 Å². The highest BCUT2D eigenvalue weighted by Crippen LogP contribution is 2.15. The maximum atomic E-state index is 5.65. The Morgan fingerprint density at radius 1 is 1.14 bits per heavy atom. The Balaban J connectivity index is 0.000000235. The zero-order valence-electron chi connectivity index (χ0n) is 12.4. The summed E-state index contributed by atoms with van der Waals surface area (Å²) in [4.78, 5) is 15.9. The van der Waals surface area contributed by atoms with Crippen LogP contribution in [0, 0.1) is 13.8 Å². The maximum Gasteiger partial charge on any atom is 0.147 e. The van der Waals surface area contributed by atoms with E-state index in [4.69, 9.17) is 27.9 Å². The van der Waals surface area contributed by atoms with Gasteiger partial charge in [-0.3, -0.25) is 0 Å². The Labute approximate surface area is 147 Å². The third-order valence-corrected chi connectivity index (χ3v) is 3.50. The zero-order valence-corrected chi connectivity index (χ0v) is 15.5. The Kier molecular flexibility index (Phi) is 7.72. The lowest BCUT2D eigenvalue weighted by atomic mass is 10.3. The van der Waals surface area contributed by atoms with E-state index < -0.39 is 0 Å². The summed E-state index contributed by atoms with van der Waals surface area (Å²) in [5.74, 6) is 0.532. The molecule has 0 aliphatic rings. The number of aryl methyl sites for hydroxylation is 2. The van der Waals surface area contributed by atoms with Crippen LogP contribution < -0.4 is 0 Å². The molecular formula is C14H15BrCl2N4O. The van der Waals surface area contributed by atoms with E-state index in [1.807, 2.05) is 20.8 Å². The van der Waals surface area contributed by atoms with Gasteiger partial charge in [0.15, 0.2) is 0 Å². The van der Waals surface area contributed by atoms with Crippen LogP contribution in [0.3, 0.4) is 0 Å². The van der Waals surface area contributed by atoms with Crippen LogP contribution in [0.25, 0.3) is 5.76 Å². The van der Waals surface area contributed by atoms with Crippen LogP contribution in [-0.2, 0) is 4.74 Å². The molecule has 0 atom stereocenters. The van der Waals surface area contributed by atoms with Crippen molar-refractivity contribution in [1.29, 1.82) is 0 Å². The summed E-state index contributed by atoms with van der Waals surface area (Å²) in [7, 11) is 0. The molecule has 2 heterocycles. The third kappa shape index (κ3) is 5.87. The monoisotopic (exact) mass is 404 g/mol. The van der Waals surface area contributed by atoms with Crippen molar-refractivity contribution in [1.82, 2.24) is 19.9 Å². The Bertz CT molecular complexity index is 667. The Morgan fingerprint density at radius 3 is 2.14 bits per heavy atom. The molecule has 2 aromatic heterocycles. The van der Waals surface area contributed by atoms with E-state index in [0.29, 0.717) is 28.4 Å².